The lowest BCUT2D eigenvalue weighted by Gasteiger charge is -2.31. The van der Waals surface area contributed by atoms with E-state index in [4.69, 9.17) is 5.11 Å². The summed E-state index contributed by atoms with van der Waals surface area (Å²) in [4.78, 5) is 27.3. The van der Waals surface area contributed by atoms with Crippen LogP contribution in [0.2, 0.25) is 0 Å². The Balaban J connectivity index is 2.03. The van der Waals surface area contributed by atoms with Gasteiger partial charge in [-0.05, 0) is 24.7 Å². The molecule has 108 valence electrons. The zero-order chi connectivity index (χ0) is 14.2. The first-order valence-electron chi connectivity index (χ1n) is 7.20. The normalized spacial score (nSPS) is 31.3. The maximum absolute atomic E-state index is 12.5. The molecular weight excluding hydrogens is 244 g/mol. The molecule has 0 radical (unpaired) electrons. The van der Waals surface area contributed by atoms with E-state index in [9.17, 15) is 9.59 Å². The first-order valence-corrected chi connectivity index (χ1v) is 7.20. The standard InChI is InChI=1S/C14H24N2O3/c1-9(2)12-5-4-6-16(12)14(19)15-7-10(3)11(8-15)13(17)18/h9-12H,4-8H2,1-3H3,(H,17,18)/t10-,11-,12?/m1/s1. The van der Waals surface area contributed by atoms with Crippen LogP contribution in [0, 0.1) is 17.8 Å². The number of carboxylic acids is 1. The number of carbonyl (C=O) groups is 2. The monoisotopic (exact) mass is 268 g/mol. The quantitative estimate of drug-likeness (QED) is 0.831. The number of hydrogen-bond acceptors (Lipinski definition) is 2. The second-order valence-electron chi connectivity index (χ2n) is 6.26. The maximum atomic E-state index is 12.5. The highest BCUT2D eigenvalue weighted by atomic mass is 16.4. The van der Waals surface area contributed by atoms with E-state index in [-0.39, 0.29) is 11.9 Å². The molecule has 2 fully saturated rings. The summed E-state index contributed by atoms with van der Waals surface area (Å²) in [6.07, 6.45) is 2.12. The van der Waals surface area contributed by atoms with E-state index in [1.165, 1.54) is 0 Å². The van der Waals surface area contributed by atoms with Crippen molar-refractivity contribution < 1.29 is 14.7 Å². The lowest BCUT2D eigenvalue weighted by molar-refractivity contribution is -0.142. The van der Waals surface area contributed by atoms with Gasteiger partial charge in [-0.3, -0.25) is 4.79 Å². The predicted molar refractivity (Wildman–Crippen MR) is 71.8 cm³/mol. The van der Waals surface area contributed by atoms with Crippen molar-refractivity contribution in [3.8, 4) is 0 Å². The van der Waals surface area contributed by atoms with Gasteiger partial charge >= 0.3 is 12.0 Å². The molecule has 19 heavy (non-hydrogen) atoms. The van der Waals surface area contributed by atoms with Gasteiger partial charge in [0.1, 0.15) is 0 Å². The van der Waals surface area contributed by atoms with Crippen LogP contribution in [-0.4, -0.2) is 52.6 Å². The molecule has 0 aromatic carbocycles. The Morgan fingerprint density at radius 1 is 1.26 bits per heavy atom. The van der Waals surface area contributed by atoms with E-state index >= 15 is 0 Å². The summed E-state index contributed by atoms with van der Waals surface area (Å²) in [6, 6.07) is 0.346. The summed E-state index contributed by atoms with van der Waals surface area (Å²) in [7, 11) is 0. The summed E-state index contributed by atoms with van der Waals surface area (Å²) in [5.74, 6) is -0.697. The second-order valence-corrected chi connectivity index (χ2v) is 6.26. The number of nitrogens with zero attached hydrogens (tertiary/aromatic N) is 2. The summed E-state index contributed by atoms with van der Waals surface area (Å²) in [5, 5.41) is 9.14. The SMILES string of the molecule is CC(C)C1CCCN1C(=O)N1C[C@@H](C)[C@H](C(=O)O)C1. The Labute approximate surface area is 114 Å². The van der Waals surface area contributed by atoms with Gasteiger partial charge in [-0.15, -0.1) is 0 Å². The van der Waals surface area contributed by atoms with Gasteiger partial charge in [0.05, 0.1) is 5.92 Å². The zero-order valence-corrected chi connectivity index (χ0v) is 12.0. The van der Waals surface area contributed by atoms with Gasteiger partial charge in [0.2, 0.25) is 0 Å². The molecule has 0 aromatic rings. The lowest BCUT2D eigenvalue weighted by Crippen LogP contribution is -2.46. The third-order valence-corrected chi connectivity index (χ3v) is 4.51. The summed E-state index contributed by atoms with van der Waals surface area (Å²) < 4.78 is 0. The smallest absolute Gasteiger partial charge is 0.320 e. The minimum absolute atomic E-state index is 0.0341. The molecule has 5 heteroatoms. The van der Waals surface area contributed by atoms with E-state index < -0.39 is 11.9 Å². The molecule has 2 aliphatic heterocycles. The zero-order valence-electron chi connectivity index (χ0n) is 12.0. The molecule has 0 saturated carbocycles. The molecule has 0 bridgehead atoms. The number of hydrogen-bond donors (Lipinski definition) is 1. The minimum atomic E-state index is -0.787. The molecule has 2 saturated heterocycles. The van der Waals surface area contributed by atoms with E-state index in [0.29, 0.717) is 25.0 Å². The third kappa shape index (κ3) is 2.69. The number of aliphatic carboxylic acids is 1. The molecule has 2 rings (SSSR count). The maximum Gasteiger partial charge on any atom is 0.320 e. The highest BCUT2D eigenvalue weighted by molar-refractivity contribution is 5.78. The average molecular weight is 268 g/mol. The molecule has 1 N–H and O–H groups in total. The van der Waals surface area contributed by atoms with Gasteiger partial charge in [-0.2, -0.15) is 0 Å². The summed E-state index contributed by atoms with van der Waals surface area (Å²) in [5.41, 5.74) is 0. The van der Waals surface area contributed by atoms with Crippen molar-refractivity contribution in [1.82, 2.24) is 9.80 Å². The molecule has 0 aliphatic carbocycles. The van der Waals surface area contributed by atoms with Crippen LogP contribution in [0.25, 0.3) is 0 Å². The predicted octanol–water partition coefficient (Wildman–Crippen LogP) is 1.88. The van der Waals surface area contributed by atoms with E-state index in [2.05, 4.69) is 13.8 Å². The van der Waals surface area contributed by atoms with Gasteiger partial charge in [0.15, 0.2) is 0 Å². The van der Waals surface area contributed by atoms with Gasteiger partial charge in [-0.25, -0.2) is 4.79 Å². The molecule has 3 atom stereocenters. The Morgan fingerprint density at radius 2 is 1.95 bits per heavy atom. The fourth-order valence-electron chi connectivity index (χ4n) is 3.35. The molecule has 2 heterocycles. The van der Waals surface area contributed by atoms with Crippen LogP contribution in [0.3, 0.4) is 0 Å². The highest BCUT2D eigenvalue weighted by Gasteiger charge is 2.41. The number of likely N-dealkylation sites (tertiary alicyclic amines) is 2. The Hall–Kier alpha value is -1.26. The molecule has 1 unspecified atom stereocenters. The minimum Gasteiger partial charge on any atom is -0.481 e. The van der Waals surface area contributed by atoms with Gasteiger partial charge in [0.25, 0.3) is 0 Å². The third-order valence-electron chi connectivity index (χ3n) is 4.51. The van der Waals surface area contributed by atoms with Crippen molar-refractivity contribution >= 4 is 12.0 Å². The van der Waals surface area contributed by atoms with Gasteiger partial charge in [0, 0.05) is 25.7 Å². The molecule has 5 nitrogen and oxygen atoms in total. The fourth-order valence-corrected chi connectivity index (χ4v) is 3.35. The van der Waals surface area contributed by atoms with Crippen LogP contribution in [0.15, 0.2) is 0 Å². The van der Waals surface area contributed by atoms with Crippen LogP contribution >= 0.6 is 0 Å². The van der Waals surface area contributed by atoms with E-state index in [1.54, 1.807) is 4.90 Å². The second kappa shape index (κ2) is 5.39. The molecule has 2 amide bonds. The van der Waals surface area contributed by atoms with Crippen LogP contribution in [0.1, 0.15) is 33.6 Å². The largest absolute Gasteiger partial charge is 0.481 e. The Bertz CT molecular complexity index is 370. The first-order chi connectivity index (χ1) is 8.91. The molecule has 2 aliphatic rings. The summed E-state index contributed by atoms with van der Waals surface area (Å²) >= 11 is 0. The van der Waals surface area contributed by atoms with Crippen LogP contribution in [0.4, 0.5) is 4.79 Å². The molecule has 0 aromatic heterocycles. The molecule has 0 spiro atoms. The van der Waals surface area contributed by atoms with Crippen molar-refractivity contribution in [3.05, 3.63) is 0 Å². The number of carbonyl (C=O) groups excluding carboxylic acids is 1. The highest BCUT2D eigenvalue weighted by Crippen LogP contribution is 2.29. The number of urea groups is 1. The van der Waals surface area contributed by atoms with Crippen LogP contribution in [0.5, 0.6) is 0 Å². The van der Waals surface area contributed by atoms with Crippen LogP contribution in [-0.2, 0) is 4.79 Å². The number of rotatable bonds is 2. The van der Waals surface area contributed by atoms with Gasteiger partial charge < -0.3 is 14.9 Å². The Kier molecular flexibility index (Phi) is 4.02. The van der Waals surface area contributed by atoms with E-state index in [0.717, 1.165) is 19.4 Å². The number of amides is 2. The van der Waals surface area contributed by atoms with Crippen molar-refractivity contribution in [2.75, 3.05) is 19.6 Å². The lowest BCUT2D eigenvalue weighted by atomic mass is 9.99. The first kappa shape index (κ1) is 14.2. The Morgan fingerprint density at radius 3 is 2.47 bits per heavy atom. The van der Waals surface area contributed by atoms with Crippen LogP contribution < -0.4 is 0 Å². The van der Waals surface area contributed by atoms with Crippen molar-refractivity contribution in [1.29, 1.82) is 0 Å². The topological polar surface area (TPSA) is 60.9 Å². The van der Waals surface area contributed by atoms with Crippen molar-refractivity contribution in [3.63, 3.8) is 0 Å². The molecular formula is C14H24N2O3. The fraction of sp³-hybridized carbons (Fsp3) is 0.857. The van der Waals surface area contributed by atoms with E-state index in [1.807, 2.05) is 11.8 Å². The van der Waals surface area contributed by atoms with Crippen molar-refractivity contribution in [2.45, 2.75) is 39.7 Å². The van der Waals surface area contributed by atoms with Gasteiger partial charge in [-0.1, -0.05) is 20.8 Å². The number of carboxylic acid groups (broad SMARTS) is 1. The van der Waals surface area contributed by atoms with Crippen molar-refractivity contribution in [2.24, 2.45) is 17.8 Å². The average Bonchev–Trinajstić information content (AvgIpc) is 2.93. The summed E-state index contributed by atoms with van der Waals surface area (Å²) in [6.45, 7) is 7.93.